The Hall–Kier alpha value is -2.93. The molecule has 0 amide bonds. The van der Waals surface area contributed by atoms with Crippen molar-refractivity contribution in [3.8, 4) is 11.3 Å². The van der Waals surface area contributed by atoms with Gasteiger partial charge in [0.2, 0.25) is 0 Å². The quantitative estimate of drug-likeness (QED) is 0.657. The molecule has 7 heteroatoms. The van der Waals surface area contributed by atoms with Gasteiger partial charge < -0.3 is 4.90 Å². The second-order valence-electron chi connectivity index (χ2n) is 7.89. The van der Waals surface area contributed by atoms with Crippen molar-refractivity contribution in [2.24, 2.45) is 0 Å². The highest BCUT2D eigenvalue weighted by molar-refractivity contribution is 7.92. The normalized spacial score (nSPS) is 14.2. The fourth-order valence-electron chi connectivity index (χ4n) is 4.13. The van der Waals surface area contributed by atoms with Gasteiger partial charge >= 0.3 is 0 Å². The lowest BCUT2D eigenvalue weighted by Crippen LogP contribution is -2.19. The summed E-state index contributed by atoms with van der Waals surface area (Å²) in [6.07, 6.45) is 2.37. The maximum absolute atomic E-state index is 13.0. The number of rotatable bonds is 5. The number of benzene rings is 2. The first-order chi connectivity index (χ1) is 14.3. The smallest absolute Gasteiger partial charge is 0.262 e. The van der Waals surface area contributed by atoms with E-state index in [1.54, 1.807) is 12.1 Å². The van der Waals surface area contributed by atoms with Crippen LogP contribution in [0.15, 0.2) is 53.4 Å². The molecule has 0 aliphatic carbocycles. The minimum atomic E-state index is -3.70. The Morgan fingerprint density at radius 3 is 2.23 bits per heavy atom. The van der Waals surface area contributed by atoms with E-state index >= 15 is 0 Å². The van der Waals surface area contributed by atoms with Crippen LogP contribution in [0.4, 0.5) is 11.5 Å². The molecule has 1 aromatic heterocycles. The minimum Gasteiger partial charge on any atom is -0.355 e. The molecule has 6 nitrogen and oxygen atoms in total. The average molecular weight is 423 g/mol. The van der Waals surface area contributed by atoms with Crippen molar-refractivity contribution in [3.05, 3.63) is 65.2 Å². The Bertz CT molecular complexity index is 1150. The first kappa shape index (κ1) is 20.3. The van der Waals surface area contributed by atoms with Gasteiger partial charge in [-0.3, -0.25) is 4.72 Å². The summed E-state index contributed by atoms with van der Waals surface area (Å²) < 4.78 is 28.8. The largest absolute Gasteiger partial charge is 0.355 e. The van der Waals surface area contributed by atoms with E-state index in [4.69, 9.17) is 0 Å². The number of sulfonamides is 1. The third-order valence-corrected chi connectivity index (χ3v) is 7.05. The zero-order valence-corrected chi connectivity index (χ0v) is 18.3. The predicted octanol–water partition coefficient (Wildman–Crippen LogP) is 4.47. The van der Waals surface area contributed by atoms with Gasteiger partial charge in [-0.2, -0.15) is 0 Å². The molecule has 1 fully saturated rings. The van der Waals surface area contributed by atoms with Crippen LogP contribution in [0.2, 0.25) is 0 Å². The molecule has 4 rings (SSSR count). The van der Waals surface area contributed by atoms with Crippen LogP contribution in [0, 0.1) is 20.8 Å². The Balaban J connectivity index is 1.59. The molecule has 30 heavy (non-hydrogen) atoms. The van der Waals surface area contributed by atoms with E-state index in [0.29, 0.717) is 16.3 Å². The maximum Gasteiger partial charge on any atom is 0.262 e. The van der Waals surface area contributed by atoms with Crippen molar-refractivity contribution < 1.29 is 8.42 Å². The molecule has 0 spiro atoms. The topological polar surface area (TPSA) is 75.2 Å². The first-order valence-corrected chi connectivity index (χ1v) is 11.6. The van der Waals surface area contributed by atoms with Gasteiger partial charge in [0, 0.05) is 24.3 Å². The van der Waals surface area contributed by atoms with Crippen LogP contribution >= 0.6 is 0 Å². The lowest BCUT2D eigenvalue weighted by atomic mass is 10.1. The van der Waals surface area contributed by atoms with Crippen molar-refractivity contribution in [2.75, 3.05) is 22.7 Å². The Labute approximate surface area is 178 Å². The van der Waals surface area contributed by atoms with Gasteiger partial charge in [-0.1, -0.05) is 29.8 Å². The number of nitrogens with zero attached hydrogens (tertiary/aromatic N) is 3. The summed E-state index contributed by atoms with van der Waals surface area (Å²) in [4.78, 5) is 2.56. The van der Waals surface area contributed by atoms with Gasteiger partial charge in [-0.25, -0.2) is 8.42 Å². The summed E-state index contributed by atoms with van der Waals surface area (Å²) >= 11 is 0. The van der Waals surface area contributed by atoms with Crippen molar-refractivity contribution >= 4 is 21.5 Å². The standard InChI is InChI=1S/C23H26N4O2S/c1-16-13-17(2)23(18(3)14-16)30(28,29)26-20-8-6-7-19(15-20)21-9-10-22(25-24-21)27-11-4-5-12-27/h6-10,13-15,26H,4-5,11-12H2,1-3H3. The molecular weight excluding hydrogens is 396 g/mol. The molecule has 156 valence electrons. The summed E-state index contributed by atoms with van der Waals surface area (Å²) in [5.74, 6) is 0.887. The number of hydrogen-bond donors (Lipinski definition) is 1. The van der Waals surface area contributed by atoms with Gasteiger partial charge in [0.15, 0.2) is 5.82 Å². The number of nitrogens with one attached hydrogen (secondary N) is 1. The third-order valence-electron chi connectivity index (χ3n) is 5.36. The van der Waals surface area contributed by atoms with Crippen molar-refractivity contribution in [3.63, 3.8) is 0 Å². The number of aryl methyl sites for hydroxylation is 3. The molecule has 0 bridgehead atoms. The highest BCUT2D eigenvalue weighted by atomic mass is 32.2. The van der Waals surface area contributed by atoms with Crippen LogP contribution in [-0.4, -0.2) is 31.7 Å². The van der Waals surface area contributed by atoms with Crippen LogP contribution < -0.4 is 9.62 Å². The Kier molecular flexibility index (Phi) is 5.47. The highest BCUT2D eigenvalue weighted by Crippen LogP contribution is 2.27. The molecule has 2 aromatic carbocycles. The van der Waals surface area contributed by atoms with E-state index in [0.717, 1.165) is 41.2 Å². The lowest BCUT2D eigenvalue weighted by molar-refractivity contribution is 0.600. The van der Waals surface area contributed by atoms with Gasteiger partial charge in [0.25, 0.3) is 10.0 Å². The number of aromatic nitrogens is 2. The molecule has 0 unspecified atom stereocenters. The summed E-state index contributed by atoms with van der Waals surface area (Å²) in [6.45, 7) is 7.64. The van der Waals surface area contributed by atoms with E-state index in [1.807, 2.05) is 57.2 Å². The molecule has 0 radical (unpaired) electrons. The SMILES string of the molecule is Cc1cc(C)c(S(=O)(=O)Nc2cccc(-c3ccc(N4CCCC4)nn3)c2)c(C)c1. The molecule has 1 aliphatic heterocycles. The second kappa shape index (κ2) is 8.07. The molecule has 0 saturated carbocycles. The molecule has 1 saturated heterocycles. The monoisotopic (exact) mass is 422 g/mol. The lowest BCUT2D eigenvalue weighted by Gasteiger charge is -2.16. The maximum atomic E-state index is 13.0. The summed E-state index contributed by atoms with van der Waals surface area (Å²) in [6, 6.07) is 14.9. The van der Waals surface area contributed by atoms with E-state index < -0.39 is 10.0 Å². The molecule has 0 atom stereocenters. The summed E-state index contributed by atoms with van der Waals surface area (Å²) in [7, 11) is -3.70. The van der Waals surface area contributed by atoms with Crippen LogP contribution in [-0.2, 0) is 10.0 Å². The van der Waals surface area contributed by atoms with E-state index in [1.165, 1.54) is 12.8 Å². The average Bonchev–Trinajstić information content (AvgIpc) is 3.21. The number of anilines is 2. The number of hydrogen-bond acceptors (Lipinski definition) is 5. The van der Waals surface area contributed by atoms with Gasteiger partial charge in [0.1, 0.15) is 0 Å². The van der Waals surface area contributed by atoms with Gasteiger partial charge in [0.05, 0.1) is 10.6 Å². The van der Waals surface area contributed by atoms with Gasteiger partial charge in [-0.05, 0) is 69.0 Å². The zero-order chi connectivity index (χ0) is 21.3. The Morgan fingerprint density at radius 1 is 0.900 bits per heavy atom. The molecule has 3 aromatic rings. The van der Waals surface area contributed by atoms with Crippen molar-refractivity contribution in [2.45, 2.75) is 38.5 Å². The molecule has 1 N–H and O–H groups in total. The van der Waals surface area contributed by atoms with Crippen LogP contribution in [0.5, 0.6) is 0 Å². The van der Waals surface area contributed by atoms with E-state index in [9.17, 15) is 8.42 Å². The minimum absolute atomic E-state index is 0.327. The van der Waals surface area contributed by atoms with Crippen LogP contribution in [0.25, 0.3) is 11.3 Å². The molecule has 1 aliphatic rings. The molecular formula is C23H26N4O2S. The Morgan fingerprint density at radius 2 is 1.60 bits per heavy atom. The third kappa shape index (κ3) is 4.16. The van der Waals surface area contributed by atoms with Crippen molar-refractivity contribution in [1.29, 1.82) is 0 Å². The van der Waals surface area contributed by atoms with E-state index in [-0.39, 0.29) is 0 Å². The second-order valence-corrected chi connectivity index (χ2v) is 9.50. The first-order valence-electron chi connectivity index (χ1n) is 10.1. The van der Waals surface area contributed by atoms with Crippen molar-refractivity contribution in [1.82, 2.24) is 10.2 Å². The highest BCUT2D eigenvalue weighted by Gasteiger charge is 2.20. The summed E-state index contributed by atoms with van der Waals surface area (Å²) in [5.41, 5.74) is 4.54. The molecule has 2 heterocycles. The van der Waals surface area contributed by atoms with Crippen LogP contribution in [0.3, 0.4) is 0 Å². The fourth-order valence-corrected chi connectivity index (χ4v) is 5.64. The van der Waals surface area contributed by atoms with E-state index in [2.05, 4.69) is 19.8 Å². The zero-order valence-electron chi connectivity index (χ0n) is 17.5. The van der Waals surface area contributed by atoms with Crippen LogP contribution in [0.1, 0.15) is 29.5 Å². The predicted molar refractivity (Wildman–Crippen MR) is 120 cm³/mol. The van der Waals surface area contributed by atoms with Gasteiger partial charge in [-0.15, -0.1) is 10.2 Å². The fraction of sp³-hybridized carbons (Fsp3) is 0.304. The summed E-state index contributed by atoms with van der Waals surface area (Å²) in [5, 5.41) is 8.72.